The fourth-order valence-corrected chi connectivity index (χ4v) is 6.58. The van der Waals surface area contributed by atoms with Gasteiger partial charge in [-0.15, -0.1) is 0 Å². The number of hydrogen-bond donors (Lipinski definition) is 0. The van der Waals surface area contributed by atoms with Crippen LogP contribution in [0.25, 0.3) is 10.8 Å². The van der Waals surface area contributed by atoms with E-state index in [4.69, 9.17) is 4.74 Å². The standard InChI is InChI=1S/C25H33N3O6S/c1-3-34-25(31)19-7-6-12-26(15-19)23(29)17-27-16-22(20-8-4-5-9-21(20)24(27)30)35(32,33)28-13-10-18(2)11-14-28/h4-5,8-9,16,18-19H,3,6-7,10-15,17H2,1-2H3. The van der Waals surface area contributed by atoms with Gasteiger partial charge in [0.25, 0.3) is 5.56 Å². The first kappa shape index (κ1) is 25.4. The van der Waals surface area contributed by atoms with Gasteiger partial charge in [0.05, 0.1) is 12.5 Å². The molecule has 0 radical (unpaired) electrons. The molecule has 0 bridgehead atoms. The van der Waals surface area contributed by atoms with Crippen molar-refractivity contribution in [1.82, 2.24) is 13.8 Å². The Kier molecular flexibility index (Phi) is 7.61. The fourth-order valence-electron chi connectivity index (χ4n) is 4.90. The molecule has 1 amide bonds. The summed E-state index contributed by atoms with van der Waals surface area (Å²) in [6, 6.07) is 6.62. The zero-order chi connectivity index (χ0) is 25.2. The van der Waals surface area contributed by atoms with E-state index >= 15 is 0 Å². The molecule has 2 saturated heterocycles. The van der Waals surface area contributed by atoms with Crippen LogP contribution in [0.1, 0.15) is 39.5 Å². The van der Waals surface area contributed by atoms with Gasteiger partial charge < -0.3 is 14.2 Å². The highest BCUT2D eigenvalue weighted by molar-refractivity contribution is 7.89. The predicted octanol–water partition coefficient (Wildman–Crippen LogP) is 2.22. The summed E-state index contributed by atoms with van der Waals surface area (Å²) in [5.41, 5.74) is -0.417. The zero-order valence-electron chi connectivity index (χ0n) is 20.3. The lowest BCUT2D eigenvalue weighted by atomic mass is 9.98. The Morgan fingerprint density at radius 3 is 2.43 bits per heavy atom. The quantitative estimate of drug-likeness (QED) is 0.560. The van der Waals surface area contributed by atoms with Crippen molar-refractivity contribution < 1.29 is 22.7 Å². The molecule has 35 heavy (non-hydrogen) atoms. The van der Waals surface area contributed by atoms with Gasteiger partial charge >= 0.3 is 5.97 Å². The lowest BCUT2D eigenvalue weighted by Crippen LogP contribution is -2.45. The number of carbonyl (C=O) groups is 2. The summed E-state index contributed by atoms with van der Waals surface area (Å²) in [5, 5.41) is 0.620. The average Bonchev–Trinajstić information content (AvgIpc) is 2.86. The van der Waals surface area contributed by atoms with Crippen LogP contribution in [-0.2, 0) is 30.9 Å². The number of esters is 1. The van der Waals surface area contributed by atoms with Crippen LogP contribution in [0.5, 0.6) is 0 Å². The first-order chi connectivity index (χ1) is 16.7. The van der Waals surface area contributed by atoms with E-state index in [-0.39, 0.29) is 41.9 Å². The molecule has 2 aromatic rings. The van der Waals surface area contributed by atoms with Crippen LogP contribution in [0.15, 0.2) is 40.2 Å². The Morgan fingerprint density at radius 2 is 1.74 bits per heavy atom. The Hall–Kier alpha value is -2.72. The molecular weight excluding hydrogens is 470 g/mol. The van der Waals surface area contributed by atoms with Crippen molar-refractivity contribution in [3.05, 3.63) is 40.8 Å². The summed E-state index contributed by atoms with van der Waals surface area (Å²) in [7, 11) is -3.85. The van der Waals surface area contributed by atoms with Crippen LogP contribution in [0.2, 0.25) is 0 Å². The van der Waals surface area contributed by atoms with Crippen LogP contribution in [0.4, 0.5) is 0 Å². The number of nitrogens with zero attached hydrogens (tertiary/aromatic N) is 3. The molecule has 2 aliphatic heterocycles. The largest absolute Gasteiger partial charge is 0.466 e. The second kappa shape index (κ2) is 10.5. The summed E-state index contributed by atoms with van der Waals surface area (Å²) in [4.78, 5) is 40.1. The lowest BCUT2D eigenvalue weighted by molar-refractivity contribution is -0.151. The number of fused-ring (bicyclic) bond motifs is 1. The summed E-state index contributed by atoms with van der Waals surface area (Å²) in [6.45, 7) is 5.41. The first-order valence-electron chi connectivity index (χ1n) is 12.3. The number of piperidine rings is 2. The van der Waals surface area contributed by atoms with E-state index in [9.17, 15) is 22.8 Å². The molecule has 10 heteroatoms. The lowest BCUT2D eigenvalue weighted by Gasteiger charge is -2.32. The number of ether oxygens (including phenoxy) is 1. The maximum absolute atomic E-state index is 13.6. The van der Waals surface area contributed by atoms with Crippen molar-refractivity contribution >= 4 is 32.7 Å². The van der Waals surface area contributed by atoms with Crippen LogP contribution in [-0.4, -0.2) is 66.9 Å². The third kappa shape index (κ3) is 5.28. The molecule has 1 aromatic carbocycles. The van der Waals surface area contributed by atoms with Gasteiger partial charge in [-0.25, -0.2) is 8.42 Å². The first-order valence-corrected chi connectivity index (χ1v) is 13.7. The van der Waals surface area contributed by atoms with E-state index in [1.54, 1.807) is 36.1 Å². The number of hydrogen-bond acceptors (Lipinski definition) is 6. The molecule has 2 fully saturated rings. The Labute approximate surface area is 205 Å². The van der Waals surface area contributed by atoms with E-state index in [1.807, 2.05) is 0 Å². The van der Waals surface area contributed by atoms with Crippen molar-refractivity contribution in [1.29, 1.82) is 0 Å². The third-order valence-electron chi connectivity index (χ3n) is 7.02. The number of likely N-dealkylation sites (tertiary alicyclic amines) is 1. The van der Waals surface area contributed by atoms with E-state index in [1.165, 1.54) is 15.1 Å². The highest BCUT2D eigenvalue weighted by Crippen LogP contribution is 2.28. The van der Waals surface area contributed by atoms with Gasteiger partial charge in [-0.2, -0.15) is 4.31 Å². The molecule has 9 nitrogen and oxygen atoms in total. The van der Waals surface area contributed by atoms with Crippen molar-refractivity contribution in [3.8, 4) is 0 Å². The molecule has 0 aliphatic carbocycles. The minimum atomic E-state index is -3.85. The number of aromatic nitrogens is 1. The zero-order valence-corrected chi connectivity index (χ0v) is 21.1. The summed E-state index contributed by atoms with van der Waals surface area (Å²) in [5.74, 6) is -0.574. The monoisotopic (exact) mass is 503 g/mol. The second-order valence-corrected chi connectivity index (χ2v) is 11.4. The van der Waals surface area contributed by atoms with Crippen LogP contribution < -0.4 is 5.56 Å². The number of carbonyl (C=O) groups excluding carboxylic acids is 2. The third-order valence-corrected chi connectivity index (χ3v) is 8.94. The van der Waals surface area contributed by atoms with E-state index in [0.717, 1.165) is 12.8 Å². The molecule has 0 spiro atoms. The number of rotatable bonds is 6. The van der Waals surface area contributed by atoms with E-state index in [2.05, 4.69) is 6.92 Å². The summed E-state index contributed by atoms with van der Waals surface area (Å²) in [6.07, 6.45) is 4.19. The fraction of sp³-hybridized carbons (Fsp3) is 0.560. The Bertz CT molecular complexity index is 1260. The highest BCUT2D eigenvalue weighted by atomic mass is 32.2. The predicted molar refractivity (Wildman–Crippen MR) is 131 cm³/mol. The molecule has 0 N–H and O–H groups in total. The minimum absolute atomic E-state index is 0.0399. The Morgan fingerprint density at radius 1 is 1.06 bits per heavy atom. The SMILES string of the molecule is CCOC(=O)C1CCCN(C(=O)Cn2cc(S(=O)(=O)N3CCC(C)CC3)c3ccccc3c2=O)C1. The highest BCUT2D eigenvalue weighted by Gasteiger charge is 2.32. The van der Waals surface area contributed by atoms with Gasteiger partial charge in [-0.3, -0.25) is 14.4 Å². The maximum Gasteiger partial charge on any atom is 0.310 e. The van der Waals surface area contributed by atoms with Crippen molar-refractivity contribution in [2.24, 2.45) is 11.8 Å². The van der Waals surface area contributed by atoms with Crippen molar-refractivity contribution in [2.75, 3.05) is 32.8 Å². The number of pyridine rings is 1. The molecule has 0 saturated carbocycles. The van der Waals surface area contributed by atoms with Gasteiger partial charge in [0.1, 0.15) is 11.4 Å². The average molecular weight is 504 g/mol. The van der Waals surface area contributed by atoms with Crippen molar-refractivity contribution in [2.45, 2.75) is 51.0 Å². The molecular formula is C25H33N3O6S. The number of amides is 1. The molecule has 2 aliphatic rings. The molecule has 1 atom stereocenters. The van der Waals surface area contributed by atoms with E-state index in [0.29, 0.717) is 43.8 Å². The second-order valence-electron chi connectivity index (χ2n) is 9.49. The molecule has 4 rings (SSSR count). The molecule has 190 valence electrons. The molecule has 3 heterocycles. The topological polar surface area (TPSA) is 106 Å². The molecule has 1 unspecified atom stereocenters. The van der Waals surface area contributed by atoms with Crippen LogP contribution in [0.3, 0.4) is 0 Å². The smallest absolute Gasteiger partial charge is 0.310 e. The van der Waals surface area contributed by atoms with Gasteiger partial charge in [-0.05, 0) is 44.6 Å². The van der Waals surface area contributed by atoms with Gasteiger partial charge in [-0.1, -0.05) is 25.1 Å². The maximum atomic E-state index is 13.6. The van der Waals surface area contributed by atoms with Crippen molar-refractivity contribution in [3.63, 3.8) is 0 Å². The number of sulfonamides is 1. The minimum Gasteiger partial charge on any atom is -0.466 e. The van der Waals surface area contributed by atoms with Gasteiger partial charge in [0.15, 0.2) is 0 Å². The normalized spacial score (nSPS) is 20.2. The Balaban J connectivity index is 1.65. The molecule has 1 aromatic heterocycles. The van der Waals surface area contributed by atoms with Crippen LogP contribution >= 0.6 is 0 Å². The summed E-state index contributed by atoms with van der Waals surface area (Å²) >= 11 is 0. The van der Waals surface area contributed by atoms with Crippen LogP contribution in [0, 0.1) is 11.8 Å². The van der Waals surface area contributed by atoms with Gasteiger partial charge in [0.2, 0.25) is 15.9 Å². The van der Waals surface area contributed by atoms with Gasteiger partial charge in [0, 0.05) is 43.1 Å². The summed E-state index contributed by atoms with van der Waals surface area (Å²) < 4.78 is 35.0. The number of benzene rings is 1. The van der Waals surface area contributed by atoms with E-state index < -0.39 is 21.5 Å².